The molecule has 17 nitrogen and oxygen atoms in total. The third-order valence-electron chi connectivity index (χ3n) is 18.6. The lowest BCUT2D eigenvalue weighted by Crippen LogP contribution is -2.30. The van der Waals surface area contributed by atoms with Crippen molar-refractivity contribution in [2.75, 3.05) is 39.6 Å². The number of carbonyl (C=O) groups excluding carboxylic acids is 4. The Labute approximate surface area is 607 Å². The van der Waals surface area contributed by atoms with Gasteiger partial charge < -0.3 is 33.8 Å². The molecule has 0 rings (SSSR count). The molecule has 0 aromatic heterocycles. The highest BCUT2D eigenvalue weighted by atomic mass is 31.2. The van der Waals surface area contributed by atoms with Gasteiger partial charge in [0.05, 0.1) is 26.4 Å². The number of phosphoric ester groups is 2. The molecule has 0 aliphatic carbocycles. The third kappa shape index (κ3) is 74.1. The summed E-state index contributed by atoms with van der Waals surface area (Å²) in [6, 6.07) is 0. The first-order valence-electron chi connectivity index (χ1n) is 41.2. The standard InChI is InChI=1S/C80H156O17P2/c1-70(2)56-48-40-32-24-18-13-11-9-10-12-14-22-28-38-46-54-62-79(84)96-75(66-90-77(82)60-52-44-36-27-21-16-15-19-25-33-41-49-57-71(3)4)68-94-98(86,87)92-64-74(81)65-93-99(88,89)95-69-76(67-91-78(83)61-53-45-37-31-30-35-43-51-59-73(7)8)97-80(85)63-55-47-39-29-23-17-20-26-34-42-50-58-72(5)6/h70-76,81H,9-69H2,1-8H3,(H,86,87)(H,88,89)/t74-,75-,76-/m1/s1. The maximum atomic E-state index is 13.1. The van der Waals surface area contributed by atoms with Crippen LogP contribution in [0.1, 0.15) is 409 Å². The molecule has 0 bridgehead atoms. The lowest BCUT2D eigenvalue weighted by molar-refractivity contribution is -0.161. The minimum Gasteiger partial charge on any atom is -0.462 e. The Morgan fingerprint density at radius 1 is 0.253 bits per heavy atom. The van der Waals surface area contributed by atoms with Gasteiger partial charge in [-0.15, -0.1) is 0 Å². The minimum absolute atomic E-state index is 0.106. The summed E-state index contributed by atoms with van der Waals surface area (Å²) >= 11 is 0. The average Bonchev–Trinajstić information content (AvgIpc) is 0.939. The maximum Gasteiger partial charge on any atom is 0.472 e. The second kappa shape index (κ2) is 69.1. The number of hydrogen-bond donors (Lipinski definition) is 3. The first-order valence-corrected chi connectivity index (χ1v) is 44.2. The fourth-order valence-electron chi connectivity index (χ4n) is 12.3. The lowest BCUT2D eigenvalue weighted by atomic mass is 10.0. The summed E-state index contributed by atoms with van der Waals surface area (Å²) in [5, 5.41) is 10.6. The van der Waals surface area contributed by atoms with Crippen molar-refractivity contribution in [1.82, 2.24) is 0 Å². The van der Waals surface area contributed by atoms with E-state index in [0.29, 0.717) is 25.7 Å². The number of esters is 4. The van der Waals surface area contributed by atoms with E-state index in [2.05, 4.69) is 55.4 Å². The molecular formula is C80H156O17P2. The van der Waals surface area contributed by atoms with Crippen LogP contribution in [0.3, 0.4) is 0 Å². The first-order chi connectivity index (χ1) is 47.6. The second-order valence-electron chi connectivity index (χ2n) is 30.7. The Hall–Kier alpha value is -1.94. The Morgan fingerprint density at radius 3 is 0.626 bits per heavy atom. The number of carbonyl (C=O) groups is 4. The van der Waals surface area contributed by atoms with Crippen LogP contribution < -0.4 is 0 Å². The van der Waals surface area contributed by atoms with Gasteiger partial charge in [0.1, 0.15) is 19.3 Å². The molecule has 99 heavy (non-hydrogen) atoms. The quantitative estimate of drug-likeness (QED) is 0.0222. The number of aliphatic hydroxyl groups excluding tert-OH is 1. The van der Waals surface area contributed by atoms with E-state index in [-0.39, 0.29) is 25.7 Å². The predicted octanol–water partition coefficient (Wildman–Crippen LogP) is 23.6. The molecule has 0 aliphatic heterocycles. The highest BCUT2D eigenvalue weighted by Crippen LogP contribution is 2.45. The van der Waals surface area contributed by atoms with Gasteiger partial charge in [0.15, 0.2) is 12.2 Å². The van der Waals surface area contributed by atoms with Gasteiger partial charge in [0.2, 0.25) is 0 Å². The molecule has 0 aliphatic rings. The molecular weight excluding hydrogens is 1290 g/mol. The lowest BCUT2D eigenvalue weighted by Gasteiger charge is -2.21. The van der Waals surface area contributed by atoms with Gasteiger partial charge in [0, 0.05) is 25.7 Å². The maximum absolute atomic E-state index is 13.1. The zero-order chi connectivity index (χ0) is 73.1. The number of hydrogen-bond acceptors (Lipinski definition) is 15. The molecule has 0 spiro atoms. The van der Waals surface area contributed by atoms with Gasteiger partial charge in [-0.25, -0.2) is 9.13 Å². The molecule has 19 heteroatoms. The monoisotopic (exact) mass is 1450 g/mol. The number of rotatable bonds is 77. The van der Waals surface area contributed by atoms with Gasteiger partial charge in [-0.1, -0.05) is 357 Å². The fourth-order valence-corrected chi connectivity index (χ4v) is 13.8. The molecule has 0 fully saturated rings. The molecule has 5 atom stereocenters. The van der Waals surface area contributed by atoms with E-state index >= 15 is 0 Å². The summed E-state index contributed by atoms with van der Waals surface area (Å²) in [4.78, 5) is 73.0. The minimum atomic E-state index is -4.96. The van der Waals surface area contributed by atoms with Crippen molar-refractivity contribution < 1.29 is 80.2 Å². The Morgan fingerprint density at radius 2 is 0.424 bits per heavy atom. The molecule has 2 unspecified atom stereocenters. The molecule has 0 aromatic rings. The van der Waals surface area contributed by atoms with Crippen molar-refractivity contribution in [3.8, 4) is 0 Å². The molecule has 0 saturated carbocycles. The van der Waals surface area contributed by atoms with Crippen LogP contribution in [0.5, 0.6) is 0 Å². The molecule has 0 amide bonds. The van der Waals surface area contributed by atoms with Crippen LogP contribution in [0, 0.1) is 23.7 Å². The van der Waals surface area contributed by atoms with Crippen LogP contribution >= 0.6 is 15.6 Å². The summed E-state index contributed by atoms with van der Waals surface area (Å²) in [6.45, 7) is 14.2. The third-order valence-corrected chi connectivity index (χ3v) is 20.5. The molecule has 0 saturated heterocycles. The Bertz CT molecular complexity index is 1940. The van der Waals surface area contributed by atoms with Gasteiger partial charge in [-0.05, 0) is 49.4 Å². The van der Waals surface area contributed by atoms with Crippen LogP contribution in [-0.4, -0.2) is 96.7 Å². The van der Waals surface area contributed by atoms with Crippen LogP contribution in [0.2, 0.25) is 0 Å². The molecule has 588 valence electrons. The van der Waals surface area contributed by atoms with E-state index < -0.39 is 97.5 Å². The summed E-state index contributed by atoms with van der Waals surface area (Å²) in [6.07, 6.45) is 55.5. The first kappa shape index (κ1) is 97.1. The van der Waals surface area contributed by atoms with E-state index in [1.807, 2.05) is 0 Å². The summed E-state index contributed by atoms with van der Waals surface area (Å²) < 4.78 is 68.7. The van der Waals surface area contributed by atoms with E-state index in [4.69, 9.17) is 37.0 Å². The van der Waals surface area contributed by atoms with Gasteiger partial charge >= 0.3 is 39.5 Å². The van der Waals surface area contributed by atoms with Crippen LogP contribution in [-0.2, 0) is 65.4 Å². The smallest absolute Gasteiger partial charge is 0.462 e. The predicted molar refractivity (Wildman–Crippen MR) is 404 cm³/mol. The number of aliphatic hydroxyl groups is 1. The largest absolute Gasteiger partial charge is 0.472 e. The zero-order valence-corrected chi connectivity index (χ0v) is 66.9. The van der Waals surface area contributed by atoms with E-state index in [1.54, 1.807) is 0 Å². The van der Waals surface area contributed by atoms with E-state index in [0.717, 1.165) is 114 Å². The molecule has 0 heterocycles. The highest BCUT2D eigenvalue weighted by molar-refractivity contribution is 7.47. The Kier molecular flexibility index (Phi) is 67.8. The Balaban J connectivity index is 5.26. The van der Waals surface area contributed by atoms with Gasteiger partial charge in [-0.3, -0.25) is 37.3 Å². The van der Waals surface area contributed by atoms with Crippen molar-refractivity contribution in [3.05, 3.63) is 0 Å². The van der Waals surface area contributed by atoms with E-state index in [9.17, 15) is 43.2 Å². The molecule has 0 aromatic carbocycles. The zero-order valence-electron chi connectivity index (χ0n) is 65.1. The van der Waals surface area contributed by atoms with Crippen LogP contribution in [0.15, 0.2) is 0 Å². The van der Waals surface area contributed by atoms with Crippen molar-refractivity contribution >= 4 is 39.5 Å². The van der Waals surface area contributed by atoms with Gasteiger partial charge in [0.25, 0.3) is 0 Å². The van der Waals surface area contributed by atoms with E-state index in [1.165, 1.54) is 212 Å². The SMILES string of the molecule is CC(C)CCCCCCCCCCCCCCCCCCC(=O)O[C@H](COC(=O)CCCCCCCCCCCCCCC(C)C)COP(=O)(O)OC[C@@H](O)COP(=O)(O)OC[C@@H](COC(=O)CCCCCCCCCCC(C)C)OC(=O)CCCCCCCCCCCCCC(C)C. The van der Waals surface area contributed by atoms with Crippen LogP contribution in [0.4, 0.5) is 0 Å². The topological polar surface area (TPSA) is 237 Å². The fraction of sp³-hybridized carbons (Fsp3) is 0.950. The summed E-state index contributed by atoms with van der Waals surface area (Å²) in [5.74, 6) is 0.968. The molecule has 0 radical (unpaired) electrons. The highest BCUT2D eigenvalue weighted by Gasteiger charge is 2.30. The van der Waals surface area contributed by atoms with Crippen molar-refractivity contribution in [2.45, 2.75) is 427 Å². The van der Waals surface area contributed by atoms with Crippen molar-refractivity contribution in [3.63, 3.8) is 0 Å². The normalized spacial score (nSPS) is 14.1. The average molecular weight is 1450 g/mol. The number of unbranched alkanes of at least 4 members (excludes halogenated alkanes) is 43. The van der Waals surface area contributed by atoms with Crippen molar-refractivity contribution in [2.24, 2.45) is 23.7 Å². The van der Waals surface area contributed by atoms with Crippen molar-refractivity contribution in [1.29, 1.82) is 0 Å². The second-order valence-corrected chi connectivity index (χ2v) is 33.6. The van der Waals surface area contributed by atoms with Gasteiger partial charge in [-0.2, -0.15) is 0 Å². The summed E-state index contributed by atoms with van der Waals surface area (Å²) in [5.41, 5.74) is 0. The summed E-state index contributed by atoms with van der Waals surface area (Å²) in [7, 11) is -9.92. The number of phosphoric acid groups is 2. The molecule has 3 N–H and O–H groups in total. The van der Waals surface area contributed by atoms with Crippen LogP contribution in [0.25, 0.3) is 0 Å². The number of ether oxygens (including phenoxy) is 4.